The first-order chi connectivity index (χ1) is 40.0. The van der Waals surface area contributed by atoms with E-state index in [9.17, 15) is 14.4 Å². The summed E-state index contributed by atoms with van der Waals surface area (Å²) in [6.07, 6.45) is 88.5. The van der Waals surface area contributed by atoms with Crippen molar-refractivity contribution in [3.05, 3.63) is 48.6 Å². The molecule has 0 aromatic carbocycles. The van der Waals surface area contributed by atoms with E-state index in [4.69, 9.17) is 14.2 Å². The molecule has 0 radical (unpaired) electrons. The summed E-state index contributed by atoms with van der Waals surface area (Å²) in [7, 11) is 0. The summed E-state index contributed by atoms with van der Waals surface area (Å²) in [4.78, 5) is 38.5. The van der Waals surface area contributed by atoms with Crippen LogP contribution in [0.1, 0.15) is 393 Å². The maximum atomic E-state index is 13.0. The Morgan fingerprint density at radius 3 is 0.716 bits per heavy atom. The molecule has 0 amide bonds. The van der Waals surface area contributed by atoms with Crippen LogP contribution in [0, 0.1) is 0 Å². The van der Waals surface area contributed by atoms with Gasteiger partial charge in [0, 0.05) is 19.3 Å². The molecule has 1 atom stereocenters. The molecule has 0 aromatic heterocycles. The number of hydrogen-bond donors (Lipinski definition) is 0. The van der Waals surface area contributed by atoms with E-state index in [-0.39, 0.29) is 31.1 Å². The highest BCUT2D eigenvalue weighted by Crippen LogP contribution is 2.18. The van der Waals surface area contributed by atoms with Gasteiger partial charge in [-0.2, -0.15) is 0 Å². The highest BCUT2D eigenvalue weighted by atomic mass is 16.6. The van der Waals surface area contributed by atoms with Crippen molar-refractivity contribution >= 4 is 17.9 Å². The van der Waals surface area contributed by atoms with Crippen LogP contribution >= 0.6 is 0 Å². The molecule has 6 nitrogen and oxygen atoms in total. The Balaban J connectivity index is 4.27. The van der Waals surface area contributed by atoms with Gasteiger partial charge in [0.25, 0.3) is 0 Å². The zero-order chi connectivity index (χ0) is 58.5. The van der Waals surface area contributed by atoms with Gasteiger partial charge in [-0.15, -0.1) is 0 Å². The second kappa shape index (κ2) is 69.9. The Morgan fingerprint density at radius 1 is 0.247 bits per heavy atom. The van der Waals surface area contributed by atoms with E-state index in [2.05, 4.69) is 69.4 Å². The number of allylic oxidation sites excluding steroid dienone is 8. The summed E-state index contributed by atoms with van der Waals surface area (Å²) in [6.45, 7) is 6.67. The van der Waals surface area contributed by atoms with Crippen LogP contribution in [-0.2, 0) is 28.6 Å². The molecule has 0 saturated carbocycles. The van der Waals surface area contributed by atoms with E-state index in [1.807, 2.05) is 0 Å². The molecule has 1 unspecified atom stereocenters. The maximum Gasteiger partial charge on any atom is 0.306 e. The van der Waals surface area contributed by atoms with Crippen molar-refractivity contribution in [1.82, 2.24) is 0 Å². The van der Waals surface area contributed by atoms with Gasteiger partial charge in [0.05, 0.1) is 0 Å². The van der Waals surface area contributed by atoms with Crippen molar-refractivity contribution in [3.8, 4) is 0 Å². The fraction of sp³-hybridized carbons (Fsp3) is 0.853. The lowest BCUT2D eigenvalue weighted by Gasteiger charge is -2.18. The van der Waals surface area contributed by atoms with Gasteiger partial charge in [-0.1, -0.05) is 320 Å². The van der Waals surface area contributed by atoms with Gasteiger partial charge in [0.1, 0.15) is 13.2 Å². The normalized spacial score (nSPS) is 12.3. The molecular weight excluding hydrogens is 997 g/mol. The molecule has 0 aromatic rings. The van der Waals surface area contributed by atoms with Crippen molar-refractivity contribution in [2.24, 2.45) is 0 Å². The van der Waals surface area contributed by atoms with Gasteiger partial charge in [0.15, 0.2) is 6.10 Å². The Bertz CT molecular complexity index is 1400. The average Bonchev–Trinajstić information content (AvgIpc) is 3.47. The van der Waals surface area contributed by atoms with E-state index in [0.29, 0.717) is 19.3 Å². The summed E-state index contributed by atoms with van der Waals surface area (Å²) in [5, 5.41) is 0. The molecule has 0 spiro atoms. The number of unbranched alkanes of at least 4 members (excludes halogenated alkanes) is 48. The lowest BCUT2D eigenvalue weighted by Crippen LogP contribution is -2.30. The van der Waals surface area contributed by atoms with Gasteiger partial charge in [-0.25, -0.2) is 0 Å². The predicted octanol–water partition coefficient (Wildman–Crippen LogP) is 24.9. The third-order valence-electron chi connectivity index (χ3n) is 16.3. The second-order valence-electron chi connectivity index (χ2n) is 24.5. The minimum atomic E-state index is -0.778. The Morgan fingerprint density at radius 2 is 0.444 bits per heavy atom. The van der Waals surface area contributed by atoms with Crippen LogP contribution in [0.3, 0.4) is 0 Å². The fourth-order valence-corrected chi connectivity index (χ4v) is 10.8. The van der Waals surface area contributed by atoms with Crippen LogP contribution in [0.25, 0.3) is 0 Å². The Kier molecular flexibility index (Phi) is 67.6. The molecule has 0 aliphatic rings. The van der Waals surface area contributed by atoms with Crippen LogP contribution in [0.15, 0.2) is 48.6 Å². The molecule has 0 bridgehead atoms. The van der Waals surface area contributed by atoms with Crippen molar-refractivity contribution in [3.63, 3.8) is 0 Å². The maximum absolute atomic E-state index is 13.0. The van der Waals surface area contributed by atoms with Gasteiger partial charge >= 0.3 is 17.9 Å². The monoisotopic (exact) mass is 1140 g/mol. The largest absolute Gasteiger partial charge is 0.462 e. The molecule has 0 fully saturated rings. The van der Waals surface area contributed by atoms with E-state index in [1.54, 1.807) is 0 Å². The summed E-state index contributed by atoms with van der Waals surface area (Å²) in [5.41, 5.74) is 0. The first kappa shape index (κ1) is 78.4. The minimum absolute atomic E-state index is 0.0728. The second-order valence-corrected chi connectivity index (χ2v) is 24.5. The molecule has 0 saturated heterocycles. The van der Waals surface area contributed by atoms with Crippen molar-refractivity contribution in [1.29, 1.82) is 0 Å². The van der Waals surface area contributed by atoms with Crippen LogP contribution in [0.2, 0.25) is 0 Å². The van der Waals surface area contributed by atoms with Crippen LogP contribution < -0.4 is 0 Å². The zero-order valence-corrected chi connectivity index (χ0v) is 54.6. The fourth-order valence-electron chi connectivity index (χ4n) is 10.8. The Hall–Kier alpha value is -2.63. The molecule has 0 aliphatic carbocycles. The number of carbonyl (C=O) groups is 3. The lowest BCUT2D eigenvalue weighted by molar-refractivity contribution is -0.167. The van der Waals surface area contributed by atoms with E-state index >= 15 is 0 Å². The third kappa shape index (κ3) is 68.0. The van der Waals surface area contributed by atoms with Gasteiger partial charge in [-0.05, 0) is 103 Å². The van der Waals surface area contributed by atoms with Crippen molar-refractivity contribution in [2.45, 2.75) is 399 Å². The topological polar surface area (TPSA) is 78.9 Å². The van der Waals surface area contributed by atoms with Crippen LogP contribution in [0.5, 0.6) is 0 Å². The number of esters is 3. The SMILES string of the molecule is CCCCC/C=C\C/C=C\CCCCCCCCCC(=O)OCC(COC(=O)CCCCCCCCCCCCCCCCC/C=C\CCCCCCCCCC)OC(=O)CCCCCCCCCCC/C=C\CCCCCCCC. The summed E-state index contributed by atoms with van der Waals surface area (Å²) >= 11 is 0. The highest BCUT2D eigenvalue weighted by Gasteiger charge is 2.19. The number of carbonyl (C=O) groups excluding carboxylic acids is 3. The molecular formula is C75H138O6. The Labute approximate surface area is 505 Å². The van der Waals surface area contributed by atoms with Crippen molar-refractivity contribution < 1.29 is 28.6 Å². The molecule has 0 N–H and O–H groups in total. The van der Waals surface area contributed by atoms with Gasteiger partial charge in [0.2, 0.25) is 0 Å². The highest BCUT2D eigenvalue weighted by molar-refractivity contribution is 5.71. The first-order valence-corrected chi connectivity index (χ1v) is 36.1. The van der Waals surface area contributed by atoms with E-state index in [1.165, 1.54) is 283 Å². The quantitative estimate of drug-likeness (QED) is 0.0261. The number of ether oxygens (including phenoxy) is 3. The number of rotatable bonds is 67. The zero-order valence-electron chi connectivity index (χ0n) is 54.6. The van der Waals surface area contributed by atoms with Crippen LogP contribution in [-0.4, -0.2) is 37.2 Å². The molecule has 81 heavy (non-hydrogen) atoms. The van der Waals surface area contributed by atoms with E-state index < -0.39 is 6.10 Å². The molecule has 0 aliphatic heterocycles. The average molecular weight is 1140 g/mol. The smallest absolute Gasteiger partial charge is 0.306 e. The molecule has 0 rings (SSSR count). The lowest BCUT2D eigenvalue weighted by atomic mass is 10.0. The number of hydrogen-bond acceptors (Lipinski definition) is 6. The summed E-state index contributed by atoms with van der Waals surface area (Å²) in [6, 6.07) is 0. The first-order valence-electron chi connectivity index (χ1n) is 36.1. The van der Waals surface area contributed by atoms with E-state index in [0.717, 1.165) is 70.6 Å². The third-order valence-corrected chi connectivity index (χ3v) is 16.3. The minimum Gasteiger partial charge on any atom is -0.462 e. The van der Waals surface area contributed by atoms with Crippen LogP contribution in [0.4, 0.5) is 0 Å². The summed E-state index contributed by atoms with van der Waals surface area (Å²) < 4.78 is 17.0. The predicted molar refractivity (Wildman–Crippen MR) is 353 cm³/mol. The standard InChI is InChI=1S/C75H138O6/c1-4-7-10-13-16-19-22-25-28-31-33-34-35-36-37-38-39-40-42-44-47-50-53-56-59-62-65-68-74(77)80-71-72(70-79-73(76)67-64-61-58-55-52-49-46-43-30-27-24-21-18-15-12-9-6-3)81-75(78)69-66-63-60-57-54-51-48-45-41-32-29-26-23-20-17-14-11-8-5-2/h18,21,26-27,29-31,33,72H,4-17,19-20,22-25,28,32,34-71H2,1-3H3/b21-18-,29-26-,30-27-,33-31-. The van der Waals surface area contributed by atoms with Crippen molar-refractivity contribution in [2.75, 3.05) is 13.2 Å². The van der Waals surface area contributed by atoms with Gasteiger partial charge < -0.3 is 14.2 Å². The molecule has 474 valence electrons. The molecule has 0 heterocycles. The summed E-state index contributed by atoms with van der Waals surface area (Å²) in [5.74, 6) is -0.856. The van der Waals surface area contributed by atoms with Gasteiger partial charge in [-0.3, -0.25) is 14.4 Å². The molecule has 6 heteroatoms.